The zero-order valence-electron chi connectivity index (χ0n) is 10.1. The van der Waals surface area contributed by atoms with Crippen molar-refractivity contribution in [3.8, 4) is 0 Å². The fourth-order valence-corrected chi connectivity index (χ4v) is 2.99. The summed E-state index contributed by atoms with van der Waals surface area (Å²) in [7, 11) is 0. The van der Waals surface area contributed by atoms with Gasteiger partial charge in [0, 0.05) is 11.6 Å². The van der Waals surface area contributed by atoms with E-state index < -0.39 is 0 Å². The van der Waals surface area contributed by atoms with Crippen LogP contribution in [-0.2, 0) is 10.6 Å². The summed E-state index contributed by atoms with van der Waals surface area (Å²) < 4.78 is 7.83. The zero-order valence-corrected chi connectivity index (χ0v) is 11.6. The molecule has 1 aromatic carbocycles. The molecule has 2 atom stereocenters. The first-order chi connectivity index (χ1) is 8.70. The second-order valence-corrected chi connectivity index (χ2v) is 5.30. The number of rotatable bonds is 2. The lowest BCUT2D eigenvalue weighted by Gasteiger charge is -2.19. The lowest BCUT2D eigenvalue weighted by molar-refractivity contribution is 0.108. The molecule has 18 heavy (non-hydrogen) atoms. The van der Waals surface area contributed by atoms with E-state index in [0.717, 1.165) is 34.9 Å². The molecule has 3 nitrogen and oxygen atoms in total. The molecule has 0 bridgehead atoms. The Balaban J connectivity index is 2.21. The van der Waals surface area contributed by atoms with E-state index >= 15 is 0 Å². The molecule has 1 fully saturated rings. The van der Waals surface area contributed by atoms with Gasteiger partial charge in [0.2, 0.25) is 0 Å². The van der Waals surface area contributed by atoms with Crippen molar-refractivity contribution >= 4 is 34.2 Å². The van der Waals surface area contributed by atoms with Crippen molar-refractivity contribution in [3.05, 3.63) is 29.0 Å². The van der Waals surface area contributed by atoms with Gasteiger partial charge in [-0.15, -0.1) is 11.6 Å². The third-order valence-electron chi connectivity index (χ3n) is 3.51. The number of halogens is 2. The molecule has 1 aromatic heterocycles. The Morgan fingerprint density at radius 1 is 1.50 bits per heavy atom. The maximum absolute atomic E-state index is 6.08. The number of nitrogens with zero attached hydrogens (tertiary/aromatic N) is 2. The molecule has 0 radical (unpaired) electrons. The van der Waals surface area contributed by atoms with Gasteiger partial charge in [-0.25, -0.2) is 4.98 Å². The maximum Gasteiger partial charge on any atom is 0.125 e. The van der Waals surface area contributed by atoms with Crippen molar-refractivity contribution in [2.75, 3.05) is 6.61 Å². The van der Waals surface area contributed by atoms with Gasteiger partial charge in [0.1, 0.15) is 5.82 Å². The van der Waals surface area contributed by atoms with Gasteiger partial charge >= 0.3 is 0 Å². The van der Waals surface area contributed by atoms with Crippen LogP contribution in [0, 0.1) is 0 Å². The predicted molar refractivity (Wildman–Crippen MR) is 73.4 cm³/mol. The lowest BCUT2D eigenvalue weighted by atomic mass is 10.1. The predicted octanol–water partition coefficient (Wildman–Crippen LogP) is 3.78. The van der Waals surface area contributed by atoms with E-state index in [2.05, 4.69) is 16.5 Å². The van der Waals surface area contributed by atoms with Crippen molar-refractivity contribution in [1.29, 1.82) is 0 Å². The van der Waals surface area contributed by atoms with Crippen LogP contribution in [0.2, 0.25) is 5.02 Å². The standard InChI is InChI=1S/C13H14Cl2N2O/c1-8-11(4-5-18-8)17-12-6-9(15)2-3-10(12)16-13(17)7-14/h2-3,6,8,11H,4-5,7H2,1H3. The van der Waals surface area contributed by atoms with Gasteiger partial charge in [-0.05, 0) is 31.5 Å². The van der Waals surface area contributed by atoms with E-state index in [-0.39, 0.29) is 6.10 Å². The van der Waals surface area contributed by atoms with Gasteiger partial charge in [-0.2, -0.15) is 0 Å². The zero-order chi connectivity index (χ0) is 12.7. The van der Waals surface area contributed by atoms with Crippen LogP contribution in [0.15, 0.2) is 18.2 Å². The minimum absolute atomic E-state index is 0.184. The van der Waals surface area contributed by atoms with Crippen LogP contribution in [0.5, 0.6) is 0 Å². The summed E-state index contributed by atoms with van der Waals surface area (Å²) in [5, 5.41) is 0.719. The third kappa shape index (κ3) is 1.91. The highest BCUT2D eigenvalue weighted by Crippen LogP contribution is 2.32. The number of imidazole rings is 1. The normalized spacial score (nSPS) is 23.9. The smallest absolute Gasteiger partial charge is 0.125 e. The van der Waals surface area contributed by atoms with E-state index in [1.807, 2.05) is 18.2 Å². The summed E-state index contributed by atoms with van der Waals surface area (Å²) in [4.78, 5) is 4.57. The van der Waals surface area contributed by atoms with Gasteiger partial charge in [0.15, 0.2) is 0 Å². The fourth-order valence-electron chi connectivity index (χ4n) is 2.64. The topological polar surface area (TPSA) is 27.1 Å². The monoisotopic (exact) mass is 284 g/mol. The van der Waals surface area contributed by atoms with E-state index in [1.54, 1.807) is 0 Å². The Morgan fingerprint density at radius 3 is 3.00 bits per heavy atom. The molecule has 2 unspecified atom stereocenters. The second kappa shape index (κ2) is 4.72. The number of fused-ring (bicyclic) bond motifs is 1. The number of alkyl halides is 1. The first-order valence-electron chi connectivity index (χ1n) is 6.04. The van der Waals surface area contributed by atoms with Crippen molar-refractivity contribution < 1.29 is 4.74 Å². The molecule has 0 amide bonds. The minimum Gasteiger partial charge on any atom is -0.376 e. The molecule has 96 valence electrons. The molecule has 0 spiro atoms. The fraction of sp³-hybridized carbons (Fsp3) is 0.462. The highest BCUT2D eigenvalue weighted by Gasteiger charge is 2.29. The lowest BCUT2D eigenvalue weighted by Crippen LogP contribution is -2.18. The van der Waals surface area contributed by atoms with Crippen LogP contribution < -0.4 is 0 Å². The Bertz CT molecular complexity index is 582. The largest absolute Gasteiger partial charge is 0.376 e. The molecular formula is C13H14Cl2N2O. The van der Waals surface area contributed by atoms with Gasteiger partial charge in [0.25, 0.3) is 0 Å². The number of aromatic nitrogens is 2. The van der Waals surface area contributed by atoms with Crippen LogP contribution >= 0.6 is 23.2 Å². The highest BCUT2D eigenvalue weighted by molar-refractivity contribution is 6.31. The minimum atomic E-state index is 0.184. The second-order valence-electron chi connectivity index (χ2n) is 4.60. The third-order valence-corrected chi connectivity index (χ3v) is 3.99. The quantitative estimate of drug-likeness (QED) is 0.785. The summed E-state index contributed by atoms with van der Waals surface area (Å²) >= 11 is 12.1. The van der Waals surface area contributed by atoms with Gasteiger partial charge in [-0.1, -0.05) is 11.6 Å². The summed E-state index contributed by atoms with van der Waals surface area (Å²) in [6.07, 6.45) is 1.17. The average Bonchev–Trinajstić information content (AvgIpc) is 2.91. The molecule has 0 N–H and O–H groups in total. The van der Waals surface area contributed by atoms with Crippen LogP contribution in [0.3, 0.4) is 0 Å². The molecule has 1 aliphatic heterocycles. The van der Waals surface area contributed by atoms with E-state index in [1.165, 1.54) is 0 Å². The first kappa shape index (κ1) is 12.3. The summed E-state index contributed by atoms with van der Waals surface area (Å²) in [5.41, 5.74) is 1.98. The summed E-state index contributed by atoms with van der Waals surface area (Å²) in [6, 6.07) is 6.03. The molecule has 1 saturated heterocycles. The van der Waals surface area contributed by atoms with Gasteiger partial charge in [0.05, 0.1) is 29.1 Å². The molecule has 5 heteroatoms. The Labute approximate surface area is 116 Å². The van der Waals surface area contributed by atoms with E-state index in [9.17, 15) is 0 Å². The maximum atomic E-state index is 6.08. The average molecular weight is 285 g/mol. The van der Waals surface area contributed by atoms with Crippen LogP contribution in [-0.4, -0.2) is 22.3 Å². The van der Waals surface area contributed by atoms with E-state index in [4.69, 9.17) is 27.9 Å². The SMILES string of the molecule is CC1OCCC1n1c(CCl)nc2ccc(Cl)cc21. The van der Waals surface area contributed by atoms with Crippen molar-refractivity contribution in [2.24, 2.45) is 0 Å². The van der Waals surface area contributed by atoms with Crippen molar-refractivity contribution in [2.45, 2.75) is 31.4 Å². The molecule has 3 rings (SSSR count). The van der Waals surface area contributed by atoms with E-state index in [0.29, 0.717) is 11.9 Å². The number of benzene rings is 1. The number of hydrogen-bond acceptors (Lipinski definition) is 2. The summed E-state index contributed by atoms with van der Waals surface area (Å²) in [6.45, 7) is 2.87. The Kier molecular flexibility index (Phi) is 3.22. The molecule has 1 aliphatic rings. The first-order valence-corrected chi connectivity index (χ1v) is 6.96. The summed E-state index contributed by atoms with van der Waals surface area (Å²) in [5.74, 6) is 1.28. The number of ether oxygens (including phenoxy) is 1. The Morgan fingerprint density at radius 2 is 2.33 bits per heavy atom. The number of hydrogen-bond donors (Lipinski definition) is 0. The molecular weight excluding hydrogens is 271 g/mol. The molecule has 0 saturated carbocycles. The van der Waals surface area contributed by atoms with Gasteiger partial charge in [-0.3, -0.25) is 0 Å². The highest BCUT2D eigenvalue weighted by atomic mass is 35.5. The van der Waals surface area contributed by atoms with Crippen molar-refractivity contribution in [3.63, 3.8) is 0 Å². The van der Waals surface area contributed by atoms with Gasteiger partial charge < -0.3 is 9.30 Å². The molecule has 2 aromatic rings. The van der Waals surface area contributed by atoms with Crippen molar-refractivity contribution in [1.82, 2.24) is 9.55 Å². The Hall–Kier alpha value is -0.770. The molecule has 2 heterocycles. The van der Waals surface area contributed by atoms with Crippen LogP contribution in [0.1, 0.15) is 25.2 Å². The van der Waals surface area contributed by atoms with Crippen LogP contribution in [0.4, 0.5) is 0 Å². The molecule has 0 aliphatic carbocycles. The van der Waals surface area contributed by atoms with Crippen LogP contribution in [0.25, 0.3) is 11.0 Å².